The summed E-state index contributed by atoms with van der Waals surface area (Å²) in [4.78, 5) is 10.2. The van der Waals surface area contributed by atoms with Gasteiger partial charge in [-0.1, -0.05) is 17.8 Å². The monoisotopic (exact) mass is 500 g/mol. The van der Waals surface area contributed by atoms with Crippen LogP contribution in [0.2, 0.25) is 0 Å². The summed E-state index contributed by atoms with van der Waals surface area (Å²) in [6.45, 7) is 4.69. The molecule has 1 aliphatic carbocycles. The minimum absolute atomic E-state index is 0. The van der Waals surface area contributed by atoms with Gasteiger partial charge in [-0.3, -0.25) is 4.98 Å². The van der Waals surface area contributed by atoms with Crippen LogP contribution in [-0.4, -0.2) is 55.0 Å². The Kier molecular flexibility index (Phi) is 6.49. The first kappa shape index (κ1) is 24.0. The Morgan fingerprint density at radius 3 is 2.73 bits per heavy atom. The van der Waals surface area contributed by atoms with Crippen LogP contribution in [-0.2, 0) is 18.6 Å². The van der Waals surface area contributed by atoms with Crippen molar-refractivity contribution in [1.82, 2.24) is 29.6 Å². The van der Waals surface area contributed by atoms with Crippen molar-refractivity contribution in [2.24, 2.45) is 13.0 Å². The van der Waals surface area contributed by atoms with Crippen molar-refractivity contribution in [3.63, 3.8) is 0 Å². The van der Waals surface area contributed by atoms with E-state index >= 15 is 0 Å². The highest BCUT2D eigenvalue weighted by Crippen LogP contribution is 2.58. The number of nitrogens with zero attached hydrogens (tertiary/aromatic N) is 6. The number of piperidine rings is 1. The number of aromatic nitrogens is 5. The molecule has 1 saturated carbocycles. The molecule has 2 atom stereocenters. The van der Waals surface area contributed by atoms with Crippen LogP contribution in [0.15, 0.2) is 34.3 Å². The molecule has 0 spiro atoms. The fourth-order valence-corrected chi connectivity index (χ4v) is 5.50. The second-order valence-electron chi connectivity index (χ2n) is 8.56. The van der Waals surface area contributed by atoms with Crippen molar-refractivity contribution in [3.05, 3.63) is 41.7 Å². The molecular weight excluding hydrogens is 477 g/mol. The predicted octanol–water partition coefficient (Wildman–Crippen LogP) is 4.37. The van der Waals surface area contributed by atoms with E-state index in [1.165, 1.54) is 12.6 Å². The van der Waals surface area contributed by atoms with E-state index in [9.17, 15) is 13.2 Å². The zero-order valence-electron chi connectivity index (χ0n) is 18.2. The van der Waals surface area contributed by atoms with Gasteiger partial charge in [0.25, 0.3) is 0 Å². The van der Waals surface area contributed by atoms with Crippen molar-refractivity contribution in [2.45, 2.75) is 36.5 Å². The Morgan fingerprint density at radius 1 is 1.24 bits per heavy atom. The number of thioether (sulfide) groups is 1. The van der Waals surface area contributed by atoms with Gasteiger partial charge in [-0.25, -0.2) is 4.98 Å². The quantitative estimate of drug-likeness (QED) is 0.352. The SMILES string of the molecule is Cc1ncoc1-c1nnc(SCCCN2C[C@@H]3C[C@]3(c3ccc(C(F)(F)F)nc3)C2)n1C.Cl. The maximum atomic E-state index is 12.8. The van der Waals surface area contributed by atoms with Crippen LogP contribution in [0.3, 0.4) is 0 Å². The van der Waals surface area contributed by atoms with E-state index in [-0.39, 0.29) is 17.8 Å². The number of alkyl halides is 3. The summed E-state index contributed by atoms with van der Waals surface area (Å²) in [5, 5.41) is 9.32. The number of aryl methyl sites for hydroxylation is 1. The van der Waals surface area contributed by atoms with Gasteiger partial charge in [0.1, 0.15) is 5.69 Å². The molecule has 178 valence electrons. The third kappa shape index (κ3) is 4.50. The van der Waals surface area contributed by atoms with Crippen LogP contribution in [0.1, 0.15) is 29.8 Å². The first-order valence-electron chi connectivity index (χ1n) is 10.5. The second-order valence-corrected chi connectivity index (χ2v) is 9.62. The van der Waals surface area contributed by atoms with Crippen LogP contribution in [0.25, 0.3) is 11.6 Å². The third-order valence-corrected chi connectivity index (χ3v) is 7.59. The van der Waals surface area contributed by atoms with Crippen molar-refractivity contribution in [3.8, 4) is 11.6 Å². The first-order chi connectivity index (χ1) is 15.3. The lowest BCUT2D eigenvalue weighted by Gasteiger charge is -2.21. The lowest BCUT2D eigenvalue weighted by molar-refractivity contribution is -0.141. The third-order valence-electron chi connectivity index (χ3n) is 6.48. The molecule has 0 unspecified atom stereocenters. The highest BCUT2D eigenvalue weighted by Gasteiger charge is 2.60. The summed E-state index contributed by atoms with van der Waals surface area (Å²) >= 11 is 1.65. The number of fused-ring (bicyclic) bond motifs is 1. The highest BCUT2D eigenvalue weighted by molar-refractivity contribution is 7.99. The van der Waals surface area contributed by atoms with E-state index in [1.54, 1.807) is 17.8 Å². The fraction of sp³-hybridized carbons (Fsp3) is 0.524. The molecule has 0 bridgehead atoms. The first-order valence-corrected chi connectivity index (χ1v) is 11.5. The summed E-state index contributed by atoms with van der Waals surface area (Å²) in [6, 6.07) is 2.71. The van der Waals surface area contributed by atoms with Gasteiger partial charge in [0.15, 0.2) is 17.3 Å². The van der Waals surface area contributed by atoms with E-state index < -0.39 is 11.9 Å². The molecule has 0 radical (unpaired) electrons. The van der Waals surface area contributed by atoms with Crippen molar-refractivity contribution in [2.75, 3.05) is 25.4 Å². The molecule has 4 heterocycles. The molecule has 33 heavy (non-hydrogen) atoms. The average Bonchev–Trinajstić information content (AvgIpc) is 3.05. The summed E-state index contributed by atoms with van der Waals surface area (Å²) < 4.78 is 45.7. The standard InChI is InChI=1S/C21H23F3N6OS.ClH/c1-13-17(31-12-26-13)18-27-28-19(29(18)2)32-7-3-6-30-10-15-8-20(15,11-30)14-4-5-16(25-9-14)21(22,23)24;/h4-5,9,12,15H,3,6-8,10-11H2,1-2H3;1H/t15-,20+;/m0./s1. The number of hydrogen-bond donors (Lipinski definition) is 0. The molecule has 1 aliphatic heterocycles. The van der Waals surface area contributed by atoms with Gasteiger partial charge in [-0.2, -0.15) is 13.2 Å². The smallest absolute Gasteiger partial charge is 0.433 e. The largest absolute Gasteiger partial charge is 0.440 e. The van der Waals surface area contributed by atoms with Gasteiger partial charge < -0.3 is 13.9 Å². The second kappa shape index (κ2) is 8.92. The van der Waals surface area contributed by atoms with Gasteiger partial charge in [-0.15, -0.1) is 22.6 Å². The molecule has 7 nitrogen and oxygen atoms in total. The molecule has 0 aromatic carbocycles. The molecule has 5 rings (SSSR count). The van der Waals surface area contributed by atoms with Gasteiger partial charge in [0.2, 0.25) is 5.82 Å². The van der Waals surface area contributed by atoms with Crippen LogP contribution >= 0.6 is 24.2 Å². The van der Waals surface area contributed by atoms with Crippen LogP contribution in [0.5, 0.6) is 0 Å². The number of rotatable bonds is 7. The molecule has 0 N–H and O–H groups in total. The Bertz CT molecular complexity index is 1120. The molecule has 3 aromatic heterocycles. The summed E-state index contributed by atoms with van der Waals surface area (Å²) in [7, 11) is 1.91. The normalized spacial score (nSPS) is 22.3. The Balaban J connectivity index is 0.00000259. The maximum Gasteiger partial charge on any atom is 0.433 e. The number of oxazole rings is 1. The fourth-order valence-electron chi connectivity index (χ4n) is 4.67. The van der Waals surface area contributed by atoms with Gasteiger partial charge >= 0.3 is 6.18 Å². The van der Waals surface area contributed by atoms with Crippen LogP contribution in [0, 0.1) is 12.8 Å². The summed E-state index contributed by atoms with van der Waals surface area (Å²) in [5.41, 5.74) is 0.869. The number of hydrogen-bond acceptors (Lipinski definition) is 7. The average molecular weight is 501 g/mol. The molecule has 2 aliphatic rings. The van der Waals surface area contributed by atoms with E-state index in [0.29, 0.717) is 17.5 Å². The molecule has 1 saturated heterocycles. The van der Waals surface area contributed by atoms with Crippen molar-refractivity contribution >= 4 is 24.2 Å². The van der Waals surface area contributed by atoms with E-state index in [0.717, 1.165) is 60.7 Å². The predicted molar refractivity (Wildman–Crippen MR) is 119 cm³/mol. The summed E-state index contributed by atoms with van der Waals surface area (Å²) in [6.07, 6.45) is 0.455. The van der Waals surface area contributed by atoms with Crippen molar-refractivity contribution in [1.29, 1.82) is 0 Å². The zero-order chi connectivity index (χ0) is 22.5. The zero-order valence-corrected chi connectivity index (χ0v) is 19.8. The lowest BCUT2D eigenvalue weighted by Crippen LogP contribution is -2.28. The Hall–Kier alpha value is -2.11. The van der Waals surface area contributed by atoms with Crippen LogP contribution < -0.4 is 0 Å². The molecule has 0 amide bonds. The molecule has 3 aromatic rings. The van der Waals surface area contributed by atoms with Gasteiger partial charge in [0.05, 0.1) is 5.69 Å². The minimum Gasteiger partial charge on any atom is -0.440 e. The molecular formula is C21H24ClF3N6OS. The van der Waals surface area contributed by atoms with E-state index in [4.69, 9.17) is 4.42 Å². The van der Waals surface area contributed by atoms with Gasteiger partial charge in [-0.05, 0) is 43.9 Å². The Labute approximate surface area is 199 Å². The van der Waals surface area contributed by atoms with Crippen LogP contribution in [0.4, 0.5) is 13.2 Å². The van der Waals surface area contributed by atoms with E-state index in [2.05, 4.69) is 25.1 Å². The topological polar surface area (TPSA) is 72.9 Å². The number of pyridine rings is 1. The van der Waals surface area contributed by atoms with E-state index in [1.807, 2.05) is 18.5 Å². The molecule has 2 fully saturated rings. The van der Waals surface area contributed by atoms with Crippen molar-refractivity contribution < 1.29 is 17.6 Å². The number of likely N-dealkylation sites (tertiary alicyclic amines) is 1. The Morgan fingerprint density at radius 2 is 2.06 bits per heavy atom. The summed E-state index contributed by atoms with van der Waals surface area (Å²) in [5.74, 6) is 2.71. The van der Waals surface area contributed by atoms with Gasteiger partial charge in [0, 0.05) is 37.5 Å². The number of halogens is 4. The highest BCUT2D eigenvalue weighted by atomic mass is 35.5. The maximum absolute atomic E-state index is 12.8. The minimum atomic E-state index is -4.39. The lowest BCUT2D eigenvalue weighted by atomic mass is 9.96. The molecule has 12 heteroatoms.